The predicted octanol–water partition coefficient (Wildman–Crippen LogP) is 2.38. The average molecular weight is 272 g/mol. The zero-order valence-electron chi connectivity index (χ0n) is 10.9. The molecular formula is C12H12N6O2. The van der Waals surface area contributed by atoms with Crippen LogP contribution in [0.2, 0.25) is 0 Å². The predicted molar refractivity (Wildman–Crippen MR) is 71.5 cm³/mol. The molecule has 1 aromatic heterocycles. The van der Waals surface area contributed by atoms with Crippen LogP contribution in [0.25, 0.3) is 0 Å². The second-order valence-electron chi connectivity index (χ2n) is 4.32. The third kappa shape index (κ3) is 2.56. The Kier molecular flexibility index (Phi) is 3.61. The van der Waals surface area contributed by atoms with E-state index in [1.807, 2.05) is 19.9 Å². The smallest absolute Gasteiger partial charge is 0.292 e. The highest BCUT2D eigenvalue weighted by Crippen LogP contribution is 2.27. The summed E-state index contributed by atoms with van der Waals surface area (Å²) in [5, 5.41) is 30.9. The maximum absolute atomic E-state index is 10.9. The van der Waals surface area contributed by atoms with Gasteiger partial charge in [0, 0.05) is 6.07 Å². The third-order valence-electron chi connectivity index (χ3n) is 2.55. The molecule has 0 saturated heterocycles. The number of para-hydroxylation sites is 2. The van der Waals surface area contributed by atoms with E-state index in [-0.39, 0.29) is 28.9 Å². The van der Waals surface area contributed by atoms with E-state index >= 15 is 0 Å². The summed E-state index contributed by atoms with van der Waals surface area (Å²) in [6, 6.07) is 8.06. The van der Waals surface area contributed by atoms with Crippen LogP contribution in [0.3, 0.4) is 0 Å². The molecule has 0 radical (unpaired) electrons. The van der Waals surface area contributed by atoms with Crippen molar-refractivity contribution in [3.63, 3.8) is 0 Å². The molecule has 0 saturated carbocycles. The zero-order chi connectivity index (χ0) is 14.7. The molecule has 8 nitrogen and oxygen atoms in total. The second-order valence-corrected chi connectivity index (χ2v) is 4.32. The van der Waals surface area contributed by atoms with Gasteiger partial charge in [-0.3, -0.25) is 10.1 Å². The van der Waals surface area contributed by atoms with Crippen LogP contribution in [-0.4, -0.2) is 19.9 Å². The van der Waals surface area contributed by atoms with E-state index in [0.717, 1.165) is 0 Å². The molecule has 102 valence electrons. The Balaban J connectivity index is 2.40. The van der Waals surface area contributed by atoms with Gasteiger partial charge < -0.3 is 5.32 Å². The SMILES string of the molecule is CC(C)n1nc(C#N)c(Nc2ccccc2[N+](=O)[O-])n1. The lowest BCUT2D eigenvalue weighted by atomic mass is 10.2. The summed E-state index contributed by atoms with van der Waals surface area (Å²) in [5.41, 5.74) is 0.275. The van der Waals surface area contributed by atoms with Crippen molar-refractivity contribution in [3.05, 3.63) is 40.1 Å². The summed E-state index contributed by atoms with van der Waals surface area (Å²) >= 11 is 0. The van der Waals surface area contributed by atoms with Gasteiger partial charge in [0.2, 0.25) is 5.69 Å². The van der Waals surface area contributed by atoms with Gasteiger partial charge in [0.25, 0.3) is 5.69 Å². The fourth-order valence-corrected chi connectivity index (χ4v) is 1.58. The summed E-state index contributed by atoms with van der Waals surface area (Å²) in [4.78, 5) is 11.8. The van der Waals surface area contributed by atoms with Crippen molar-refractivity contribution in [2.75, 3.05) is 5.32 Å². The van der Waals surface area contributed by atoms with Gasteiger partial charge in [-0.25, -0.2) is 0 Å². The Bertz CT molecular complexity index is 685. The van der Waals surface area contributed by atoms with Crippen LogP contribution in [0.15, 0.2) is 24.3 Å². The standard InChI is InChI=1S/C12H12N6O2/c1-8(2)17-15-10(7-13)12(16-17)14-9-5-3-4-6-11(9)18(19)20/h3-6,8H,1-2H3,(H,14,16). The Morgan fingerprint density at radius 1 is 1.40 bits per heavy atom. The Morgan fingerprint density at radius 2 is 2.10 bits per heavy atom. The number of hydrogen-bond acceptors (Lipinski definition) is 6. The van der Waals surface area contributed by atoms with E-state index in [1.165, 1.54) is 10.9 Å². The highest BCUT2D eigenvalue weighted by Gasteiger charge is 2.17. The van der Waals surface area contributed by atoms with E-state index in [0.29, 0.717) is 0 Å². The Morgan fingerprint density at radius 3 is 2.70 bits per heavy atom. The van der Waals surface area contributed by atoms with Crippen LogP contribution < -0.4 is 5.32 Å². The average Bonchev–Trinajstić information content (AvgIpc) is 2.82. The molecular weight excluding hydrogens is 260 g/mol. The number of benzene rings is 1. The number of anilines is 2. The first-order valence-electron chi connectivity index (χ1n) is 5.90. The molecule has 0 fully saturated rings. The molecule has 20 heavy (non-hydrogen) atoms. The number of nitriles is 1. The number of aromatic nitrogens is 3. The second kappa shape index (κ2) is 5.36. The minimum absolute atomic E-state index is 0.0107. The van der Waals surface area contributed by atoms with Crippen molar-refractivity contribution in [1.29, 1.82) is 5.26 Å². The lowest BCUT2D eigenvalue weighted by Gasteiger charge is -2.04. The summed E-state index contributed by atoms with van der Waals surface area (Å²) in [7, 11) is 0. The first-order valence-corrected chi connectivity index (χ1v) is 5.90. The molecule has 0 amide bonds. The van der Waals surface area contributed by atoms with Gasteiger partial charge in [0.1, 0.15) is 11.8 Å². The van der Waals surface area contributed by atoms with Crippen LogP contribution in [0.1, 0.15) is 25.6 Å². The van der Waals surface area contributed by atoms with Crippen LogP contribution in [-0.2, 0) is 0 Å². The van der Waals surface area contributed by atoms with Crippen LogP contribution in [0.5, 0.6) is 0 Å². The molecule has 1 N–H and O–H groups in total. The minimum atomic E-state index is -0.499. The molecule has 0 spiro atoms. The number of nitro groups is 1. The van der Waals surface area contributed by atoms with Crippen LogP contribution in [0.4, 0.5) is 17.2 Å². The molecule has 0 bridgehead atoms. The van der Waals surface area contributed by atoms with Gasteiger partial charge in [-0.2, -0.15) is 10.1 Å². The Labute approximate surface area is 114 Å². The lowest BCUT2D eigenvalue weighted by molar-refractivity contribution is -0.383. The van der Waals surface area contributed by atoms with Crippen molar-refractivity contribution in [2.45, 2.75) is 19.9 Å². The molecule has 8 heteroatoms. The van der Waals surface area contributed by atoms with Gasteiger partial charge in [0.15, 0.2) is 5.82 Å². The van der Waals surface area contributed by atoms with Crippen LogP contribution in [0, 0.1) is 21.4 Å². The van der Waals surface area contributed by atoms with E-state index in [9.17, 15) is 10.1 Å². The highest BCUT2D eigenvalue weighted by atomic mass is 16.6. The number of hydrogen-bond donors (Lipinski definition) is 1. The van der Waals surface area contributed by atoms with Crippen molar-refractivity contribution < 1.29 is 4.92 Å². The van der Waals surface area contributed by atoms with E-state index in [2.05, 4.69) is 15.5 Å². The normalized spacial score (nSPS) is 10.3. The molecule has 2 rings (SSSR count). The molecule has 0 unspecified atom stereocenters. The topological polar surface area (TPSA) is 110 Å². The zero-order valence-corrected chi connectivity index (χ0v) is 10.9. The molecule has 0 atom stereocenters. The number of nitrogens with one attached hydrogen (secondary N) is 1. The van der Waals surface area contributed by atoms with Gasteiger partial charge in [-0.15, -0.1) is 10.2 Å². The van der Waals surface area contributed by atoms with Crippen molar-refractivity contribution >= 4 is 17.2 Å². The maximum atomic E-state index is 10.9. The first kappa shape index (κ1) is 13.5. The quantitative estimate of drug-likeness (QED) is 0.675. The summed E-state index contributed by atoms with van der Waals surface area (Å²) in [5.74, 6) is 0.204. The molecule has 0 aliphatic rings. The first-order chi connectivity index (χ1) is 9.52. The molecule has 2 aromatic rings. The minimum Gasteiger partial charge on any atom is -0.331 e. The number of rotatable bonds is 4. The summed E-state index contributed by atoms with van der Waals surface area (Å²) < 4.78 is 0. The van der Waals surface area contributed by atoms with E-state index < -0.39 is 4.92 Å². The third-order valence-corrected chi connectivity index (χ3v) is 2.55. The van der Waals surface area contributed by atoms with Crippen molar-refractivity contribution in [1.82, 2.24) is 15.0 Å². The largest absolute Gasteiger partial charge is 0.331 e. The number of nitro benzene ring substituents is 1. The van der Waals surface area contributed by atoms with Gasteiger partial charge in [-0.1, -0.05) is 12.1 Å². The maximum Gasteiger partial charge on any atom is 0.292 e. The fourth-order valence-electron chi connectivity index (χ4n) is 1.58. The van der Waals surface area contributed by atoms with E-state index in [1.54, 1.807) is 18.2 Å². The fraction of sp³-hybridized carbons (Fsp3) is 0.250. The van der Waals surface area contributed by atoms with Crippen molar-refractivity contribution in [2.24, 2.45) is 0 Å². The van der Waals surface area contributed by atoms with Gasteiger partial charge in [-0.05, 0) is 19.9 Å². The van der Waals surface area contributed by atoms with Gasteiger partial charge >= 0.3 is 0 Å². The summed E-state index contributed by atoms with van der Waals surface area (Å²) in [6.45, 7) is 3.74. The molecule has 1 heterocycles. The molecule has 1 aromatic carbocycles. The number of nitrogens with zero attached hydrogens (tertiary/aromatic N) is 5. The monoisotopic (exact) mass is 272 g/mol. The van der Waals surface area contributed by atoms with Crippen LogP contribution >= 0.6 is 0 Å². The van der Waals surface area contributed by atoms with Gasteiger partial charge in [0.05, 0.1) is 11.0 Å². The lowest BCUT2D eigenvalue weighted by Crippen LogP contribution is -2.05. The van der Waals surface area contributed by atoms with Crippen molar-refractivity contribution in [3.8, 4) is 6.07 Å². The Hall–Kier alpha value is -2.95. The summed E-state index contributed by atoms with van der Waals surface area (Å²) in [6.07, 6.45) is 0. The van der Waals surface area contributed by atoms with E-state index in [4.69, 9.17) is 5.26 Å². The highest BCUT2D eigenvalue weighted by molar-refractivity contribution is 5.69. The molecule has 0 aliphatic heterocycles. The molecule has 0 aliphatic carbocycles.